The molecule has 1 heterocycles. The Morgan fingerprint density at radius 3 is 2.42 bits per heavy atom. The molecule has 2 rings (SSSR count). The SMILES string of the molecule is CCNC1CCC(C)CC1CN1CCC(CC)CC1. The Bertz CT molecular complexity index is 246. The summed E-state index contributed by atoms with van der Waals surface area (Å²) in [7, 11) is 0. The van der Waals surface area contributed by atoms with Crippen LogP contribution in [0.15, 0.2) is 0 Å². The van der Waals surface area contributed by atoms with Crippen LogP contribution in [-0.2, 0) is 0 Å². The first-order chi connectivity index (χ1) is 9.22. The zero-order valence-electron chi connectivity index (χ0n) is 13.3. The molecule has 2 aliphatic rings. The molecular weight excluding hydrogens is 232 g/mol. The zero-order valence-corrected chi connectivity index (χ0v) is 13.3. The quantitative estimate of drug-likeness (QED) is 0.819. The van der Waals surface area contributed by atoms with E-state index in [0.29, 0.717) is 0 Å². The third-order valence-electron chi connectivity index (χ3n) is 5.49. The van der Waals surface area contributed by atoms with E-state index in [-0.39, 0.29) is 0 Å². The molecule has 1 aliphatic heterocycles. The molecule has 19 heavy (non-hydrogen) atoms. The Labute approximate surface area is 120 Å². The molecule has 0 bridgehead atoms. The van der Waals surface area contributed by atoms with Gasteiger partial charge >= 0.3 is 0 Å². The number of likely N-dealkylation sites (tertiary alicyclic amines) is 1. The predicted octanol–water partition coefficient (Wildman–Crippen LogP) is 3.52. The smallest absolute Gasteiger partial charge is 0.0108 e. The Morgan fingerprint density at radius 1 is 1.05 bits per heavy atom. The lowest BCUT2D eigenvalue weighted by Crippen LogP contribution is -2.47. The van der Waals surface area contributed by atoms with Crippen LogP contribution in [0, 0.1) is 17.8 Å². The van der Waals surface area contributed by atoms with Crippen LogP contribution in [-0.4, -0.2) is 37.1 Å². The average molecular weight is 266 g/mol. The molecule has 0 aromatic heterocycles. The molecule has 1 N–H and O–H groups in total. The number of nitrogens with one attached hydrogen (secondary N) is 1. The summed E-state index contributed by atoms with van der Waals surface area (Å²) in [5, 5.41) is 3.74. The zero-order chi connectivity index (χ0) is 13.7. The standard InChI is InChI=1S/C17H34N2/c1-4-15-8-10-19(11-9-15)13-16-12-14(3)6-7-17(16)18-5-2/h14-18H,4-13H2,1-3H3. The van der Waals surface area contributed by atoms with Gasteiger partial charge in [0.1, 0.15) is 0 Å². The average Bonchev–Trinajstić information content (AvgIpc) is 2.43. The van der Waals surface area contributed by atoms with Crippen LogP contribution in [0.1, 0.15) is 59.3 Å². The largest absolute Gasteiger partial charge is 0.314 e. The van der Waals surface area contributed by atoms with E-state index in [2.05, 4.69) is 31.0 Å². The van der Waals surface area contributed by atoms with E-state index in [1.165, 1.54) is 58.2 Å². The highest BCUT2D eigenvalue weighted by Crippen LogP contribution is 2.31. The van der Waals surface area contributed by atoms with Crippen LogP contribution < -0.4 is 5.32 Å². The van der Waals surface area contributed by atoms with Gasteiger partial charge in [0.15, 0.2) is 0 Å². The highest BCUT2D eigenvalue weighted by atomic mass is 15.1. The van der Waals surface area contributed by atoms with Gasteiger partial charge in [-0.15, -0.1) is 0 Å². The fourth-order valence-corrected chi connectivity index (χ4v) is 4.14. The first-order valence-electron chi connectivity index (χ1n) is 8.68. The molecule has 0 aromatic carbocycles. The van der Waals surface area contributed by atoms with E-state index in [0.717, 1.165) is 30.3 Å². The first kappa shape index (κ1) is 15.3. The minimum Gasteiger partial charge on any atom is -0.314 e. The Balaban J connectivity index is 1.81. The number of nitrogens with zero attached hydrogens (tertiary/aromatic N) is 1. The second-order valence-electron chi connectivity index (χ2n) is 6.99. The lowest BCUT2D eigenvalue weighted by atomic mass is 9.78. The number of piperidine rings is 1. The molecule has 2 heteroatoms. The van der Waals surface area contributed by atoms with Crippen molar-refractivity contribution in [3.63, 3.8) is 0 Å². The first-order valence-corrected chi connectivity index (χ1v) is 8.68. The topological polar surface area (TPSA) is 15.3 Å². The van der Waals surface area contributed by atoms with Crippen molar-refractivity contribution in [2.24, 2.45) is 17.8 Å². The van der Waals surface area contributed by atoms with Crippen LogP contribution >= 0.6 is 0 Å². The minimum atomic E-state index is 0.782. The van der Waals surface area contributed by atoms with Gasteiger partial charge in [0, 0.05) is 12.6 Å². The minimum absolute atomic E-state index is 0.782. The van der Waals surface area contributed by atoms with Crippen LogP contribution in [0.5, 0.6) is 0 Å². The summed E-state index contributed by atoms with van der Waals surface area (Å²) < 4.78 is 0. The van der Waals surface area contributed by atoms with Gasteiger partial charge in [-0.05, 0) is 69.5 Å². The lowest BCUT2D eigenvalue weighted by Gasteiger charge is -2.40. The van der Waals surface area contributed by atoms with Gasteiger partial charge < -0.3 is 10.2 Å². The van der Waals surface area contributed by atoms with Crippen molar-refractivity contribution in [3.05, 3.63) is 0 Å². The molecule has 2 nitrogen and oxygen atoms in total. The number of rotatable bonds is 5. The van der Waals surface area contributed by atoms with Crippen LogP contribution in [0.4, 0.5) is 0 Å². The molecule has 1 saturated carbocycles. The second-order valence-corrected chi connectivity index (χ2v) is 6.99. The van der Waals surface area contributed by atoms with Gasteiger partial charge in [0.2, 0.25) is 0 Å². The van der Waals surface area contributed by atoms with Gasteiger partial charge in [-0.2, -0.15) is 0 Å². The monoisotopic (exact) mass is 266 g/mol. The van der Waals surface area contributed by atoms with Gasteiger partial charge in [0.05, 0.1) is 0 Å². The van der Waals surface area contributed by atoms with Gasteiger partial charge in [-0.1, -0.05) is 27.2 Å². The van der Waals surface area contributed by atoms with Gasteiger partial charge in [0.25, 0.3) is 0 Å². The maximum absolute atomic E-state index is 3.74. The summed E-state index contributed by atoms with van der Waals surface area (Å²) in [6.45, 7) is 12.2. The Hall–Kier alpha value is -0.0800. The molecule has 1 aliphatic carbocycles. The summed E-state index contributed by atoms with van der Waals surface area (Å²) in [5.41, 5.74) is 0. The Kier molecular flexibility index (Phi) is 6.15. The second kappa shape index (κ2) is 7.64. The summed E-state index contributed by atoms with van der Waals surface area (Å²) in [6, 6.07) is 0.782. The molecule has 2 fully saturated rings. The number of hydrogen-bond acceptors (Lipinski definition) is 2. The molecule has 0 spiro atoms. The van der Waals surface area contributed by atoms with Crippen molar-refractivity contribution in [1.29, 1.82) is 0 Å². The molecule has 3 unspecified atom stereocenters. The van der Waals surface area contributed by atoms with Crippen molar-refractivity contribution in [1.82, 2.24) is 10.2 Å². The summed E-state index contributed by atoms with van der Waals surface area (Å²) in [5.74, 6) is 2.83. The van der Waals surface area contributed by atoms with Gasteiger partial charge in [-0.25, -0.2) is 0 Å². The molecular formula is C17H34N2. The maximum atomic E-state index is 3.74. The van der Waals surface area contributed by atoms with E-state index in [1.807, 2.05) is 0 Å². The number of hydrogen-bond donors (Lipinski definition) is 1. The molecule has 112 valence electrons. The van der Waals surface area contributed by atoms with E-state index >= 15 is 0 Å². The molecule has 0 aromatic rings. The molecule has 3 atom stereocenters. The van der Waals surface area contributed by atoms with E-state index < -0.39 is 0 Å². The van der Waals surface area contributed by atoms with Crippen molar-refractivity contribution in [3.8, 4) is 0 Å². The summed E-state index contributed by atoms with van der Waals surface area (Å²) >= 11 is 0. The fraction of sp³-hybridized carbons (Fsp3) is 1.00. The van der Waals surface area contributed by atoms with E-state index in [1.54, 1.807) is 0 Å². The summed E-state index contributed by atoms with van der Waals surface area (Å²) in [6.07, 6.45) is 8.51. The normalized spacial score (nSPS) is 34.6. The van der Waals surface area contributed by atoms with Crippen LogP contribution in [0.2, 0.25) is 0 Å². The molecule has 0 amide bonds. The van der Waals surface area contributed by atoms with Crippen molar-refractivity contribution in [2.75, 3.05) is 26.2 Å². The third kappa shape index (κ3) is 4.46. The predicted molar refractivity (Wildman–Crippen MR) is 83.4 cm³/mol. The Morgan fingerprint density at radius 2 is 1.79 bits per heavy atom. The highest BCUT2D eigenvalue weighted by Gasteiger charge is 2.30. The third-order valence-corrected chi connectivity index (χ3v) is 5.49. The highest BCUT2D eigenvalue weighted by molar-refractivity contribution is 4.86. The van der Waals surface area contributed by atoms with Crippen LogP contribution in [0.3, 0.4) is 0 Å². The lowest BCUT2D eigenvalue weighted by molar-refractivity contribution is 0.114. The fourth-order valence-electron chi connectivity index (χ4n) is 4.14. The van der Waals surface area contributed by atoms with Crippen molar-refractivity contribution < 1.29 is 0 Å². The molecule has 0 radical (unpaired) electrons. The van der Waals surface area contributed by atoms with E-state index in [4.69, 9.17) is 0 Å². The molecule has 1 saturated heterocycles. The maximum Gasteiger partial charge on any atom is 0.0108 e. The summed E-state index contributed by atoms with van der Waals surface area (Å²) in [4.78, 5) is 2.75. The van der Waals surface area contributed by atoms with E-state index in [9.17, 15) is 0 Å². The van der Waals surface area contributed by atoms with Crippen molar-refractivity contribution >= 4 is 0 Å². The van der Waals surface area contributed by atoms with Gasteiger partial charge in [-0.3, -0.25) is 0 Å². The van der Waals surface area contributed by atoms with Crippen molar-refractivity contribution in [2.45, 2.75) is 65.3 Å². The van der Waals surface area contributed by atoms with Crippen LogP contribution in [0.25, 0.3) is 0 Å².